The van der Waals surface area contributed by atoms with Crippen molar-refractivity contribution in [2.45, 2.75) is 19.9 Å². The Bertz CT molecular complexity index is 1160. The molecule has 0 spiro atoms. The number of carbonyl (C=O) groups is 1. The summed E-state index contributed by atoms with van der Waals surface area (Å²) >= 11 is 5.14. The fourth-order valence-corrected chi connectivity index (χ4v) is 4.29. The number of benzene rings is 2. The fraction of sp³-hybridized carbons (Fsp3) is 0.167. The number of hydrogen-bond donors (Lipinski definition) is 2. The molecule has 0 aliphatic heterocycles. The molecule has 0 saturated carbocycles. The van der Waals surface area contributed by atoms with Crippen molar-refractivity contribution in [3.05, 3.63) is 81.0 Å². The van der Waals surface area contributed by atoms with Gasteiger partial charge >= 0.3 is 0 Å². The van der Waals surface area contributed by atoms with Gasteiger partial charge in [0.2, 0.25) is 5.91 Å². The highest BCUT2D eigenvalue weighted by Gasteiger charge is 2.11. The monoisotopic (exact) mass is 479 g/mol. The van der Waals surface area contributed by atoms with E-state index in [4.69, 9.17) is 4.98 Å². The summed E-state index contributed by atoms with van der Waals surface area (Å²) in [4.78, 5) is 16.3. The van der Waals surface area contributed by atoms with E-state index in [-0.39, 0.29) is 5.91 Å². The molecule has 6 heteroatoms. The molecule has 4 rings (SSSR count). The fourth-order valence-electron chi connectivity index (χ4n) is 3.38. The third-order valence-corrected chi connectivity index (χ3v) is 6.04. The minimum Gasteiger partial charge on any atom is -0.326 e. The highest BCUT2D eigenvalue weighted by Crippen LogP contribution is 2.28. The molecular formula is C24H22BrN3OS. The molecule has 0 aliphatic rings. The number of thiophene rings is 1. The number of nitrogens with zero attached hydrogens (tertiary/aromatic N) is 1. The number of nitrogens with one attached hydrogen (secondary N) is 2. The van der Waals surface area contributed by atoms with Crippen molar-refractivity contribution in [3.8, 4) is 11.3 Å². The van der Waals surface area contributed by atoms with E-state index in [9.17, 15) is 4.79 Å². The minimum atomic E-state index is -0.0843. The smallest absolute Gasteiger partial charge is 0.221 e. The number of aromatic nitrogens is 1. The average molecular weight is 480 g/mol. The number of rotatable bonds is 7. The van der Waals surface area contributed by atoms with E-state index in [1.54, 1.807) is 11.3 Å². The van der Waals surface area contributed by atoms with Crippen LogP contribution in [0.4, 0.5) is 5.69 Å². The van der Waals surface area contributed by atoms with Crippen molar-refractivity contribution in [3.63, 3.8) is 0 Å². The number of hydrogen-bond acceptors (Lipinski definition) is 4. The Kier molecular flexibility index (Phi) is 6.57. The summed E-state index contributed by atoms with van der Waals surface area (Å²) < 4.78 is 1.10. The molecule has 0 aliphatic carbocycles. The third-order valence-electron chi connectivity index (χ3n) is 4.83. The molecular weight excluding hydrogens is 458 g/mol. The van der Waals surface area contributed by atoms with E-state index in [0.29, 0.717) is 0 Å². The van der Waals surface area contributed by atoms with Gasteiger partial charge in [-0.3, -0.25) is 4.79 Å². The average Bonchev–Trinajstić information content (AvgIpc) is 3.26. The van der Waals surface area contributed by atoms with Gasteiger partial charge in [0.1, 0.15) is 0 Å². The molecule has 4 aromatic rings. The predicted octanol–water partition coefficient (Wildman–Crippen LogP) is 6.02. The maximum absolute atomic E-state index is 11.4. The Morgan fingerprint density at radius 3 is 2.67 bits per heavy atom. The zero-order chi connectivity index (χ0) is 20.9. The molecule has 0 atom stereocenters. The van der Waals surface area contributed by atoms with Crippen molar-refractivity contribution in [1.82, 2.24) is 10.3 Å². The lowest BCUT2D eigenvalue weighted by Crippen LogP contribution is -2.17. The van der Waals surface area contributed by atoms with Crippen LogP contribution in [0.1, 0.15) is 18.1 Å². The molecule has 152 valence electrons. The topological polar surface area (TPSA) is 54.0 Å². The second kappa shape index (κ2) is 9.51. The van der Waals surface area contributed by atoms with Crippen LogP contribution in [-0.2, 0) is 17.8 Å². The number of anilines is 1. The molecule has 2 aromatic carbocycles. The van der Waals surface area contributed by atoms with Gasteiger partial charge in [-0.1, -0.05) is 34.1 Å². The lowest BCUT2D eigenvalue weighted by atomic mass is 10.0. The van der Waals surface area contributed by atoms with Crippen LogP contribution >= 0.6 is 27.3 Å². The van der Waals surface area contributed by atoms with Crippen LogP contribution in [0.5, 0.6) is 0 Å². The lowest BCUT2D eigenvalue weighted by molar-refractivity contribution is -0.114. The van der Waals surface area contributed by atoms with Crippen molar-refractivity contribution in [1.29, 1.82) is 0 Å². The zero-order valence-corrected chi connectivity index (χ0v) is 19.0. The Labute approximate surface area is 188 Å². The van der Waals surface area contributed by atoms with Gasteiger partial charge in [0.25, 0.3) is 0 Å². The summed E-state index contributed by atoms with van der Waals surface area (Å²) in [5.41, 5.74) is 6.23. The minimum absolute atomic E-state index is 0.0843. The SMILES string of the molecule is CC(=O)Nc1ccc2cc(CNCCc3ccc(Br)cc3)c(-c3ccsc3)nc2c1. The Balaban J connectivity index is 1.55. The van der Waals surface area contributed by atoms with E-state index in [1.807, 2.05) is 18.2 Å². The van der Waals surface area contributed by atoms with Gasteiger partial charge in [-0.05, 0) is 65.9 Å². The van der Waals surface area contributed by atoms with Crippen LogP contribution in [0.25, 0.3) is 22.2 Å². The highest BCUT2D eigenvalue weighted by molar-refractivity contribution is 9.10. The number of pyridine rings is 1. The van der Waals surface area contributed by atoms with E-state index < -0.39 is 0 Å². The summed E-state index contributed by atoms with van der Waals surface area (Å²) in [6.45, 7) is 3.15. The second-order valence-corrected chi connectivity index (χ2v) is 8.85. The van der Waals surface area contributed by atoms with Gasteiger partial charge < -0.3 is 10.6 Å². The molecule has 0 fully saturated rings. The quantitative estimate of drug-likeness (QED) is 0.318. The summed E-state index contributed by atoms with van der Waals surface area (Å²) in [5, 5.41) is 11.7. The van der Waals surface area contributed by atoms with Gasteiger partial charge in [0.15, 0.2) is 0 Å². The van der Waals surface area contributed by atoms with Crippen molar-refractivity contribution < 1.29 is 4.79 Å². The standard InChI is InChI=1S/C24H22BrN3OS/c1-16(29)27-22-7-4-18-12-20(14-26-10-8-17-2-5-21(25)6-3-17)24(28-23(18)13-22)19-9-11-30-15-19/h2-7,9,11-13,15,26H,8,10,14H2,1H3,(H,27,29). The first kappa shape index (κ1) is 20.7. The molecule has 0 radical (unpaired) electrons. The molecule has 0 saturated heterocycles. The highest BCUT2D eigenvalue weighted by atomic mass is 79.9. The number of amides is 1. The zero-order valence-electron chi connectivity index (χ0n) is 16.6. The summed E-state index contributed by atoms with van der Waals surface area (Å²) in [5.74, 6) is -0.0843. The Hall–Kier alpha value is -2.54. The number of halogens is 1. The first-order valence-electron chi connectivity index (χ1n) is 9.77. The molecule has 2 N–H and O–H groups in total. The van der Waals surface area contributed by atoms with E-state index in [1.165, 1.54) is 18.1 Å². The van der Waals surface area contributed by atoms with Gasteiger partial charge in [-0.2, -0.15) is 11.3 Å². The number of fused-ring (bicyclic) bond motifs is 1. The predicted molar refractivity (Wildman–Crippen MR) is 129 cm³/mol. The van der Waals surface area contributed by atoms with E-state index >= 15 is 0 Å². The molecule has 0 unspecified atom stereocenters. The third kappa shape index (κ3) is 5.14. The summed E-state index contributed by atoms with van der Waals surface area (Å²) in [7, 11) is 0. The van der Waals surface area contributed by atoms with E-state index in [0.717, 1.165) is 51.8 Å². The molecule has 0 bridgehead atoms. The van der Waals surface area contributed by atoms with Crippen molar-refractivity contribution in [2.24, 2.45) is 0 Å². The normalized spacial score (nSPS) is 11.0. The molecule has 30 heavy (non-hydrogen) atoms. The molecule has 2 heterocycles. The van der Waals surface area contributed by atoms with Crippen LogP contribution in [0, 0.1) is 0 Å². The van der Waals surface area contributed by atoms with E-state index in [2.05, 4.69) is 73.7 Å². The van der Waals surface area contributed by atoms with Gasteiger partial charge in [-0.25, -0.2) is 4.98 Å². The molecule has 4 nitrogen and oxygen atoms in total. The Morgan fingerprint density at radius 2 is 1.93 bits per heavy atom. The molecule has 1 amide bonds. The first-order valence-corrected chi connectivity index (χ1v) is 11.5. The van der Waals surface area contributed by atoms with Crippen LogP contribution < -0.4 is 10.6 Å². The number of carbonyl (C=O) groups excluding carboxylic acids is 1. The van der Waals surface area contributed by atoms with Crippen LogP contribution in [0.15, 0.2) is 69.8 Å². The van der Waals surface area contributed by atoms with Gasteiger partial charge in [-0.15, -0.1) is 0 Å². The van der Waals surface area contributed by atoms with Crippen LogP contribution in [0.3, 0.4) is 0 Å². The van der Waals surface area contributed by atoms with Crippen LogP contribution in [-0.4, -0.2) is 17.4 Å². The van der Waals surface area contributed by atoms with Crippen molar-refractivity contribution in [2.75, 3.05) is 11.9 Å². The van der Waals surface area contributed by atoms with Gasteiger partial charge in [0.05, 0.1) is 11.2 Å². The maximum atomic E-state index is 11.4. The lowest BCUT2D eigenvalue weighted by Gasteiger charge is -2.12. The maximum Gasteiger partial charge on any atom is 0.221 e. The largest absolute Gasteiger partial charge is 0.326 e. The second-order valence-electron chi connectivity index (χ2n) is 7.15. The summed E-state index contributed by atoms with van der Waals surface area (Å²) in [6.07, 6.45) is 0.974. The van der Waals surface area contributed by atoms with Crippen molar-refractivity contribution >= 4 is 49.8 Å². The van der Waals surface area contributed by atoms with Gasteiger partial charge in [0, 0.05) is 40.0 Å². The Morgan fingerprint density at radius 1 is 1.10 bits per heavy atom. The van der Waals surface area contributed by atoms with Crippen LogP contribution in [0.2, 0.25) is 0 Å². The molecule has 2 aromatic heterocycles. The summed E-state index contributed by atoms with van der Waals surface area (Å²) in [6, 6.07) is 18.6. The first-order chi connectivity index (χ1) is 14.6.